The molecule has 16 heavy (non-hydrogen) atoms. The van der Waals surface area contributed by atoms with E-state index < -0.39 is 11.6 Å². The maximum Gasteiger partial charge on any atom is 0.228 e. The molecule has 1 aliphatic rings. The first kappa shape index (κ1) is 11.9. The fourth-order valence-corrected chi connectivity index (χ4v) is 2.42. The van der Waals surface area contributed by atoms with Crippen molar-refractivity contribution in [1.82, 2.24) is 0 Å². The molecule has 0 spiro atoms. The molecule has 1 fully saturated rings. The highest BCUT2D eigenvalue weighted by Gasteiger charge is 2.30. The number of halogens is 3. The summed E-state index contributed by atoms with van der Waals surface area (Å²) in [5, 5.41) is -0.0919. The molecular weight excluding hydrogens is 300 g/mol. The summed E-state index contributed by atoms with van der Waals surface area (Å²) in [7, 11) is 0. The van der Waals surface area contributed by atoms with Crippen LogP contribution in [0, 0.1) is 11.6 Å². The van der Waals surface area contributed by atoms with Crippen LogP contribution >= 0.6 is 28.6 Å². The second-order valence-corrected chi connectivity index (χ2v) is 5.11. The number of hydrogen-bond acceptors (Lipinski definition) is 2. The van der Waals surface area contributed by atoms with Crippen molar-refractivity contribution in [3.8, 4) is 0 Å². The molecule has 6 heteroatoms. The molecule has 1 aliphatic heterocycles. The Balaban J connectivity index is 2.44. The maximum atomic E-state index is 13.3. The summed E-state index contributed by atoms with van der Waals surface area (Å²) in [4.78, 5) is 12.9. The maximum absolute atomic E-state index is 13.3. The fraction of sp³-hybridized carbons (Fsp3) is 0.300. The van der Waals surface area contributed by atoms with Crippen LogP contribution in [0.2, 0.25) is 0 Å². The second-order valence-electron chi connectivity index (χ2n) is 3.58. The van der Waals surface area contributed by atoms with Crippen LogP contribution in [-0.2, 0) is 4.79 Å². The van der Waals surface area contributed by atoms with Gasteiger partial charge in [0.25, 0.3) is 0 Å². The average molecular weight is 308 g/mol. The van der Waals surface area contributed by atoms with Crippen molar-refractivity contribution < 1.29 is 13.6 Å². The van der Waals surface area contributed by atoms with Gasteiger partial charge in [-0.25, -0.2) is 8.78 Å². The monoisotopic (exact) mass is 307 g/mol. The first-order valence-electron chi connectivity index (χ1n) is 4.62. The van der Waals surface area contributed by atoms with E-state index in [1.165, 1.54) is 4.90 Å². The predicted octanol–water partition coefficient (Wildman–Crippen LogP) is 2.76. The average Bonchev–Trinajstić information content (AvgIpc) is 2.51. The third-order valence-electron chi connectivity index (χ3n) is 2.37. The Labute approximate surface area is 105 Å². The van der Waals surface area contributed by atoms with Gasteiger partial charge in [0, 0.05) is 24.3 Å². The van der Waals surface area contributed by atoms with Gasteiger partial charge in [-0.15, -0.1) is 0 Å². The van der Waals surface area contributed by atoms with Crippen LogP contribution in [0.5, 0.6) is 0 Å². The van der Waals surface area contributed by atoms with Gasteiger partial charge in [0.15, 0.2) is 0 Å². The zero-order valence-electron chi connectivity index (χ0n) is 8.08. The number of anilines is 1. The van der Waals surface area contributed by atoms with Crippen LogP contribution in [0.3, 0.4) is 0 Å². The van der Waals surface area contributed by atoms with Crippen LogP contribution in [0.1, 0.15) is 6.42 Å². The highest BCUT2D eigenvalue weighted by Crippen LogP contribution is 2.33. The highest BCUT2D eigenvalue weighted by molar-refractivity contribution is 9.10. The molecule has 1 heterocycles. The summed E-state index contributed by atoms with van der Waals surface area (Å²) >= 11 is 7.19. The number of benzene rings is 1. The molecule has 2 rings (SSSR count). The molecule has 1 unspecified atom stereocenters. The zero-order valence-corrected chi connectivity index (χ0v) is 10.6. The first-order valence-corrected chi connectivity index (χ1v) is 5.93. The van der Waals surface area contributed by atoms with Gasteiger partial charge in [-0.2, -0.15) is 12.6 Å². The van der Waals surface area contributed by atoms with Crippen molar-refractivity contribution in [2.75, 3.05) is 11.4 Å². The molecule has 0 saturated carbocycles. The lowest BCUT2D eigenvalue weighted by molar-refractivity contribution is -0.117. The molecule has 0 bridgehead atoms. The van der Waals surface area contributed by atoms with E-state index in [9.17, 15) is 13.6 Å². The summed E-state index contributed by atoms with van der Waals surface area (Å²) in [6.45, 7) is 0.365. The van der Waals surface area contributed by atoms with Gasteiger partial charge >= 0.3 is 0 Å². The van der Waals surface area contributed by atoms with Crippen LogP contribution in [0.25, 0.3) is 0 Å². The molecule has 0 aliphatic carbocycles. The van der Waals surface area contributed by atoms with Gasteiger partial charge in [0.1, 0.15) is 11.6 Å². The lowest BCUT2D eigenvalue weighted by Crippen LogP contribution is -2.25. The van der Waals surface area contributed by atoms with Crippen molar-refractivity contribution in [2.45, 2.75) is 11.7 Å². The largest absolute Gasteiger partial charge is 0.310 e. The Kier molecular flexibility index (Phi) is 3.21. The third kappa shape index (κ3) is 2.08. The van der Waals surface area contributed by atoms with Gasteiger partial charge in [-0.05, 0) is 22.0 Å². The van der Waals surface area contributed by atoms with Gasteiger partial charge in [-0.1, -0.05) is 0 Å². The smallest absolute Gasteiger partial charge is 0.228 e. The van der Waals surface area contributed by atoms with Crippen molar-refractivity contribution in [2.24, 2.45) is 0 Å². The van der Waals surface area contributed by atoms with E-state index in [4.69, 9.17) is 0 Å². The standard InChI is InChI=1S/C10H8BrF2NOS/c11-10-7(13)1-5(12)2-8(10)14-4-6(16)3-9(14)15/h1-2,6,16H,3-4H2. The summed E-state index contributed by atoms with van der Waals surface area (Å²) in [6, 6.07) is 1.91. The van der Waals surface area contributed by atoms with Crippen molar-refractivity contribution in [3.63, 3.8) is 0 Å². The van der Waals surface area contributed by atoms with E-state index in [2.05, 4.69) is 28.6 Å². The van der Waals surface area contributed by atoms with E-state index in [1.54, 1.807) is 0 Å². The third-order valence-corrected chi connectivity index (χ3v) is 3.50. The number of carbonyl (C=O) groups is 1. The number of thiol groups is 1. The fourth-order valence-electron chi connectivity index (χ4n) is 1.66. The molecule has 2 nitrogen and oxygen atoms in total. The Morgan fingerprint density at radius 1 is 1.44 bits per heavy atom. The minimum atomic E-state index is -0.717. The van der Waals surface area contributed by atoms with Crippen LogP contribution in [0.15, 0.2) is 16.6 Å². The number of hydrogen-bond donors (Lipinski definition) is 1. The predicted molar refractivity (Wildman–Crippen MR) is 63.8 cm³/mol. The van der Waals surface area contributed by atoms with Crippen molar-refractivity contribution in [1.29, 1.82) is 0 Å². The molecule has 1 aromatic rings. The van der Waals surface area contributed by atoms with Crippen LogP contribution in [0.4, 0.5) is 14.5 Å². The highest BCUT2D eigenvalue weighted by atomic mass is 79.9. The lowest BCUT2D eigenvalue weighted by atomic mass is 10.2. The van der Waals surface area contributed by atoms with E-state index in [-0.39, 0.29) is 27.7 Å². The summed E-state index contributed by atoms with van der Waals surface area (Å²) < 4.78 is 26.4. The molecule has 1 atom stereocenters. The van der Waals surface area contributed by atoms with Crippen molar-refractivity contribution in [3.05, 3.63) is 28.2 Å². The van der Waals surface area contributed by atoms with E-state index in [0.29, 0.717) is 6.54 Å². The van der Waals surface area contributed by atoms with Crippen LogP contribution < -0.4 is 4.90 Å². The first-order chi connectivity index (χ1) is 7.49. The zero-order chi connectivity index (χ0) is 11.9. The molecular formula is C10H8BrF2NOS. The van der Waals surface area contributed by atoms with Gasteiger partial charge < -0.3 is 4.90 Å². The van der Waals surface area contributed by atoms with Gasteiger partial charge in [0.05, 0.1) is 10.2 Å². The number of amides is 1. The number of nitrogens with zero attached hydrogens (tertiary/aromatic N) is 1. The summed E-state index contributed by atoms with van der Waals surface area (Å²) in [6.07, 6.45) is 0.285. The second kappa shape index (κ2) is 4.33. The van der Waals surface area contributed by atoms with Gasteiger partial charge in [0.2, 0.25) is 5.91 Å². The van der Waals surface area contributed by atoms with Crippen LogP contribution in [-0.4, -0.2) is 17.7 Å². The minimum Gasteiger partial charge on any atom is -0.310 e. The molecule has 0 radical (unpaired) electrons. The Morgan fingerprint density at radius 2 is 2.12 bits per heavy atom. The molecule has 0 N–H and O–H groups in total. The number of carbonyl (C=O) groups excluding carboxylic acids is 1. The molecule has 0 aromatic heterocycles. The summed E-state index contributed by atoms with van der Waals surface area (Å²) in [5.74, 6) is -1.60. The normalized spacial score (nSPS) is 20.6. The Bertz CT molecular complexity index is 455. The quantitative estimate of drug-likeness (QED) is 0.625. The summed E-state index contributed by atoms with van der Waals surface area (Å²) in [5.41, 5.74) is 0.221. The lowest BCUT2D eigenvalue weighted by Gasteiger charge is -2.18. The molecule has 1 aromatic carbocycles. The Morgan fingerprint density at radius 3 is 2.69 bits per heavy atom. The minimum absolute atomic E-state index is 0.0919. The molecule has 1 saturated heterocycles. The number of rotatable bonds is 1. The Hall–Kier alpha value is -0.620. The van der Waals surface area contributed by atoms with E-state index >= 15 is 0 Å². The van der Waals surface area contributed by atoms with E-state index in [1.807, 2.05) is 0 Å². The molecule has 1 amide bonds. The van der Waals surface area contributed by atoms with Gasteiger partial charge in [-0.3, -0.25) is 4.79 Å². The molecule has 86 valence electrons. The van der Waals surface area contributed by atoms with E-state index in [0.717, 1.165) is 12.1 Å². The topological polar surface area (TPSA) is 20.3 Å². The SMILES string of the molecule is O=C1CC(S)CN1c1cc(F)cc(F)c1Br. The van der Waals surface area contributed by atoms with Crippen molar-refractivity contribution >= 4 is 40.2 Å².